The number of nitrogens with zero attached hydrogens (tertiary/aromatic N) is 1. The van der Waals surface area contributed by atoms with Gasteiger partial charge in [-0.2, -0.15) is 0 Å². The normalized spacial score (nSPS) is 11.2. The third-order valence-electron chi connectivity index (χ3n) is 4.62. The van der Waals surface area contributed by atoms with Crippen LogP contribution in [0.15, 0.2) is 84.9 Å². The summed E-state index contributed by atoms with van der Waals surface area (Å²) in [5, 5.41) is 13.7. The van der Waals surface area contributed by atoms with Gasteiger partial charge in [0.25, 0.3) is 0 Å². The predicted octanol–water partition coefficient (Wildman–Crippen LogP) is 6.49. The number of thiophene rings is 1. The zero-order valence-electron chi connectivity index (χ0n) is 13.9. The van der Waals surface area contributed by atoms with E-state index in [1.54, 1.807) is 17.4 Å². The predicted molar refractivity (Wildman–Crippen MR) is 110 cm³/mol. The number of benzene rings is 3. The van der Waals surface area contributed by atoms with Crippen molar-refractivity contribution in [1.29, 1.82) is 0 Å². The molecule has 26 heavy (non-hydrogen) atoms. The molecule has 1 N–H and O–H groups in total. The van der Waals surface area contributed by atoms with Crippen LogP contribution in [0.1, 0.15) is 0 Å². The number of pyridine rings is 1. The fourth-order valence-corrected chi connectivity index (χ4v) is 4.43. The summed E-state index contributed by atoms with van der Waals surface area (Å²) in [5.41, 5.74) is 2.85. The van der Waals surface area contributed by atoms with Gasteiger partial charge in [-0.05, 0) is 35.7 Å². The van der Waals surface area contributed by atoms with Crippen molar-refractivity contribution in [2.75, 3.05) is 0 Å². The van der Waals surface area contributed by atoms with Gasteiger partial charge in [-0.25, -0.2) is 4.98 Å². The first-order valence-corrected chi connectivity index (χ1v) is 9.29. The molecule has 124 valence electrons. The summed E-state index contributed by atoms with van der Waals surface area (Å²) in [7, 11) is 0. The molecule has 0 atom stereocenters. The minimum absolute atomic E-state index is 0.303. The van der Waals surface area contributed by atoms with Crippen molar-refractivity contribution in [3.8, 4) is 26.8 Å². The average Bonchev–Trinajstić information content (AvgIpc) is 3.17. The first kappa shape index (κ1) is 15.1. The van der Waals surface area contributed by atoms with Crippen LogP contribution in [0.5, 0.6) is 5.75 Å². The van der Waals surface area contributed by atoms with E-state index in [4.69, 9.17) is 4.98 Å². The lowest BCUT2D eigenvalue weighted by Crippen LogP contribution is -1.87. The van der Waals surface area contributed by atoms with Gasteiger partial charge in [-0.3, -0.25) is 0 Å². The smallest absolute Gasteiger partial charge is 0.124 e. The van der Waals surface area contributed by atoms with E-state index in [9.17, 15) is 5.11 Å². The van der Waals surface area contributed by atoms with E-state index in [1.165, 1.54) is 10.8 Å². The van der Waals surface area contributed by atoms with Gasteiger partial charge in [-0.1, -0.05) is 54.6 Å². The van der Waals surface area contributed by atoms with Gasteiger partial charge in [0.1, 0.15) is 5.75 Å². The minimum atomic E-state index is 0.303. The zero-order chi connectivity index (χ0) is 17.5. The highest BCUT2D eigenvalue weighted by atomic mass is 32.1. The van der Waals surface area contributed by atoms with Crippen molar-refractivity contribution in [2.24, 2.45) is 0 Å². The number of phenols is 1. The summed E-state index contributed by atoms with van der Waals surface area (Å²) in [5.74, 6) is 0.303. The number of phenolic OH excluding ortho intramolecular Hbond substituents is 1. The molecule has 3 aromatic carbocycles. The van der Waals surface area contributed by atoms with E-state index in [1.807, 2.05) is 24.3 Å². The first-order chi connectivity index (χ1) is 12.8. The van der Waals surface area contributed by atoms with Gasteiger partial charge in [0.05, 0.1) is 16.1 Å². The van der Waals surface area contributed by atoms with Crippen molar-refractivity contribution < 1.29 is 5.11 Å². The molecular weight excluding hydrogens is 338 g/mol. The summed E-state index contributed by atoms with van der Waals surface area (Å²) in [6.45, 7) is 0. The molecule has 5 aromatic rings. The largest absolute Gasteiger partial charge is 0.507 e. The Morgan fingerprint density at radius 1 is 0.615 bits per heavy atom. The van der Waals surface area contributed by atoms with Crippen molar-refractivity contribution >= 4 is 33.0 Å². The van der Waals surface area contributed by atoms with Crippen LogP contribution in [-0.2, 0) is 0 Å². The maximum absolute atomic E-state index is 10.1. The highest BCUT2D eigenvalue weighted by molar-refractivity contribution is 7.18. The SMILES string of the molecule is Oc1ccccc1-c1ccc(-c2nc3ccccc3c3ccccc23)s1. The number of aromatic nitrogens is 1. The molecule has 2 heterocycles. The van der Waals surface area contributed by atoms with Gasteiger partial charge in [0.2, 0.25) is 0 Å². The van der Waals surface area contributed by atoms with Crippen molar-refractivity contribution in [3.63, 3.8) is 0 Å². The number of fused-ring (bicyclic) bond motifs is 3. The lowest BCUT2D eigenvalue weighted by atomic mass is 10.0. The number of para-hydroxylation sites is 2. The molecule has 0 aliphatic rings. The van der Waals surface area contributed by atoms with Crippen LogP contribution in [0.3, 0.4) is 0 Å². The molecular formula is C23H15NOS. The zero-order valence-corrected chi connectivity index (χ0v) is 14.7. The second-order valence-electron chi connectivity index (χ2n) is 6.20. The molecule has 0 saturated carbocycles. The molecule has 0 unspecified atom stereocenters. The van der Waals surface area contributed by atoms with E-state index < -0.39 is 0 Å². The Bertz CT molecular complexity index is 1260. The summed E-state index contributed by atoms with van der Waals surface area (Å²) >= 11 is 1.65. The molecule has 5 rings (SSSR count). The molecule has 0 spiro atoms. The number of hydrogen-bond donors (Lipinski definition) is 1. The fourth-order valence-electron chi connectivity index (χ4n) is 3.38. The van der Waals surface area contributed by atoms with Gasteiger partial charge < -0.3 is 5.11 Å². The molecule has 0 fully saturated rings. The van der Waals surface area contributed by atoms with E-state index in [2.05, 4.69) is 54.6 Å². The second kappa shape index (κ2) is 5.97. The van der Waals surface area contributed by atoms with Crippen LogP contribution in [0, 0.1) is 0 Å². The van der Waals surface area contributed by atoms with Crippen molar-refractivity contribution in [1.82, 2.24) is 4.98 Å². The summed E-state index contributed by atoms with van der Waals surface area (Å²) < 4.78 is 0. The Morgan fingerprint density at radius 2 is 1.27 bits per heavy atom. The van der Waals surface area contributed by atoms with E-state index in [0.717, 1.165) is 31.9 Å². The Balaban J connectivity index is 1.76. The Hall–Kier alpha value is -3.17. The highest BCUT2D eigenvalue weighted by Crippen LogP contribution is 2.40. The summed E-state index contributed by atoms with van der Waals surface area (Å²) in [6, 6.07) is 28.3. The molecule has 0 bridgehead atoms. The van der Waals surface area contributed by atoms with Crippen molar-refractivity contribution in [3.05, 3.63) is 84.9 Å². The van der Waals surface area contributed by atoms with E-state index in [0.29, 0.717) is 5.75 Å². The van der Waals surface area contributed by atoms with Crippen LogP contribution < -0.4 is 0 Å². The topological polar surface area (TPSA) is 33.1 Å². The van der Waals surface area contributed by atoms with Gasteiger partial charge in [-0.15, -0.1) is 11.3 Å². The molecule has 0 radical (unpaired) electrons. The van der Waals surface area contributed by atoms with Crippen LogP contribution in [-0.4, -0.2) is 10.1 Å². The van der Waals surface area contributed by atoms with Crippen molar-refractivity contribution in [2.45, 2.75) is 0 Å². The molecule has 0 saturated heterocycles. The Kier molecular flexibility index (Phi) is 3.47. The molecule has 2 nitrogen and oxygen atoms in total. The van der Waals surface area contributed by atoms with E-state index in [-0.39, 0.29) is 0 Å². The Morgan fingerprint density at radius 3 is 2.12 bits per heavy atom. The summed E-state index contributed by atoms with van der Waals surface area (Å²) in [4.78, 5) is 7.09. The number of aromatic hydroxyl groups is 1. The average molecular weight is 353 g/mol. The minimum Gasteiger partial charge on any atom is -0.507 e. The van der Waals surface area contributed by atoms with Crippen LogP contribution >= 0.6 is 11.3 Å². The maximum atomic E-state index is 10.1. The van der Waals surface area contributed by atoms with Gasteiger partial charge in [0, 0.05) is 21.2 Å². The molecule has 0 amide bonds. The lowest BCUT2D eigenvalue weighted by molar-refractivity contribution is 0.477. The van der Waals surface area contributed by atoms with Gasteiger partial charge >= 0.3 is 0 Å². The van der Waals surface area contributed by atoms with E-state index >= 15 is 0 Å². The first-order valence-electron chi connectivity index (χ1n) is 8.47. The Labute approximate surface area is 155 Å². The number of rotatable bonds is 2. The molecule has 0 aliphatic carbocycles. The molecule has 3 heteroatoms. The third-order valence-corrected chi connectivity index (χ3v) is 5.74. The quantitative estimate of drug-likeness (QED) is 0.368. The molecule has 2 aromatic heterocycles. The van der Waals surface area contributed by atoms with Crippen LogP contribution in [0.4, 0.5) is 0 Å². The van der Waals surface area contributed by atoms with Gasteiger partial charge in [0.15, 0.2) is 0 Å². The lowest BCUT2D eigenvalue weighted by Gasteiger charge is -2.08. The monoisotopic (exact) mass is 353 g/mol. The molecule has 0 aliphatic heterocycles. The standard InChI is InChI=1S/C23H15NOS/c25-20-12-6-4-10-18(20)21-13-14-22(26-21)23-17-9-2-1-7-15(17)16-8-3-5-11-19(16)24-23/h1-14,25H. The summed E-state index contributed by atoms with van der Waals surface area (Å²) in [6.07, 6.45) is 0. The van der Waals surface area contributed by atoms with Crippen LogP contribution in [0.2, 0.25) is 0 Å². The fraction of sp³-hybridized carbons (Fsp3) is 0. The third kappa shape index (κ3) is 2.37. The maximum Gasteiger partial charge on any atom is 0.124 e. The number of hydrogen-bond acceptors (Lipinski definition) is 3. The second-order valence-corrected chi connectivity index (χ2v) is 7.29. The highest BCUT2D eigenvalue weighted by Gasteiger charge is 2.13. The van der Waals surface area contributed by atoms with Crippen LogP contribution in [0.25, 0.3) is 42.7 Å².